The van der Waals surface area contributed by atoms with E-state index in [1.54, 1.807) is 6.07 Å². The Kier molecular flexibility index (Phi) is 6.61. The summed E-state index contributed by atoms with van der Waals surface area (Å²) in [5.74, 6) is 0.420. The maximum atomic E-state index is 13.6. The molecule has 0 unspecified atom stereocenters. The average Bonchev–Trinajstić information content (AvgIpc) is 2.68. The topological polar surface area (TPSA) is 46.6 Å². The van der Waals surface area contributed by atoms with Crippen LogP contribution in [0.2, 0.25) is 0 Å². The van der Waals surface area contributed by atoms with Crippen LogP contribution in [0, 0.1) is 11.7 Å². The molecule has 0 atom stereocenters. The summed E-state index contributed by atoms with van der Waals surface area (Å²) in [5.41, 5.74) is 1.71. The van der Waals surface area contributed by atoms with Crippen LogP contribution in [-0.2, 0) is 0 Å². The zero-order chi connectivity index (χ0) is 19.2. The van der Waals surface area contributed by atoms with Crippen LogP contribution in [0.4, 0.5) is 10.1 Å². The highest BCUT2D eigenvalue weighted by molar-refractivity contribution is 9.10. The molecule has 0 amide bonds. The molecule has 0 aliphatic carbocycles. The summed E-state index contributed by atoms with van der Waals surface area (Å²) in [7, 11) is 0. The second-order valence-corrected chi connectivity index (χ2v) is 7.51. The first-order chi connectivity index (χ1) is 13.1. The van der Waals surface area contributed by atoms with Crippen molar-refractivity contribution in [3.8, 4) is 5.75 Å². The summed E-state index contributed by atoms with van der Waals surface area (Å²) in [5, 5.41) is 0. The summed E-state index contributed by atoms with van der Waals surface area (Å²) in [6.45, 7) is 2.30. The van der Waals surface area contributed by atoms with Crippen LogP contribution in [0.25, 0.3) is 0 Å². The fraction of sp³-hybridized carbons (Fsp3) is 0.333. The van der Waals surface area contributed by atoms with Gasteiger partial charge in [0.25, 0.3) is 0 Å². The highest BCUT2D eigenvalue weighted by Crippen LogP contribution is 2.30. The van der Waals surface area contributed by atoms with E-state index >= 15 is 0 Å². The van der Waals surface area contributed by atoms with Crippen molar-refractivity contribution >= 4 is 34.2 Å². The van der Waals surface area contributed by atoms with E-state index in [1.165, 1.54) is 12.1 Å². The van der Waals surface area contributed by atoms with Crippen molar-refractivity contribution in [2.75, 3.05) is 24.6 Å². The van der Waals surface area contributed by atoms with Crippen molar-refractivity contribution in [3.63, 3.8) is 0 Å². The predicted octanol–water partition coefficient (Wildman–Crippen LogP) is 4.90. The van der Waals surface area contributed by atoms with Gasteiger partial charge in [0.1, 0.15) is 11.6 Å². The van der Waals surface area contributed by atoms with Gasteiger partial charge in [0, 0.05) is 29.3 Å². The van der Waals surface area contributed by atoms with Crippen molar-refractivity contribution in [2.45, 2.75) is 19.3 Å². The molecule has 1 heterocycles. The number of carbonyl (C=O) groups excluding carboxylic acids is 2. The summed E-state index contributed by atoms with van der Waals surface area (Å²) < 4.78 is 20.0. The molecule has 1 aliphatic heterocycles. The van der Waals surface area contributed by atoms with E-state index in [0.29, 0.717) is 30.1 Å². The number of benzene rings is 2. The molecule has 1 saturated heterocycles. The molecule has 0 spiro atoms. The third kappa shape index (κ3) is 4.75. The van der Waals surface area contributed by atoms with Gasteiger partial charge < -0.3 is 9.64 Å². The minimum Gasteiger partial charge on any atom is -0.493 e. The first kappa shape index (κ1) is 19.5. The summed E-state index contributed by atoms with van der Waals surface area (Å²) in [4.78, 5) is 24.3. The number of aldehydes is 2. The maximum Gasteiger partial charge on any atom is 0.153 e. The lowest BCUT2D eigenvalue weighted by Crippen LogP contribution is -2.34. The molecule has 3 rings (SSSR count). The van der Waals surface area contributed by atoms with Gasteiger partial charge in [-0.15, -0.1) is 0 Å². The zero-order valence-corrected chi connectivity index (χ0v) is 16.5. The monoisotopic (exact) mass is 433 g/mol. The van der Waals surface area contributed by atoms with E-state index in [0.717, 1.165) is 48.8 Å². The van der Waals surface area contributed by atoms with Crippen LogP contribution in [-0.4, -0.2) is 32.3 Å². The van der Waals surface area contributed by atoms with Crippen LogP contribution < -0.4 is 9.64 Å². The molecule has 6 heteroatoms. The van der Waals surface area contributed by atoms with Crippen LogP contribution >= 0.6 is 15.9 Å². The van der Waals surface area contributed by atoms with Gasteiger partial charge in [0.2, 0.25) is 0 Å². The van der Waals surface area contributed by atoms with Gasteiger partial charge in [-0.1, -0.05) is 6.07 Å². The predicted molar refractivity (Wildman–Crippen MR) is 106 cm³/mol. The van der Waals surface area contributed by atoms with Crippen molar-refractivity contribution in [3.05, 3.63) is 57.8 Å². The fourth-order valence-corrected chi connectivity index (χ4v) is 3.87. The normalized spacial score (nSPS) is 14.8. The summed E-state index contributed by atoms with van der Waals surface area (Å²) >= 11 is 3.44. The highest BCUT2D eigenvalue weighted by Gasteiger charge is 2.21. The van der Waals surface area contributed by atoms with Crippen molar-refractivity contribution < 1.29 is 18.7 Å². The molecule has 2 aromatic carbocycles. The quantitative estimate of drug-likeness (QED) is 0.582. The van der Waals surface area contributed by atoms with Gasteiger partial charge in [0.15, 0.2) is 12.6 Å². The number of anilines is 1. The number of halogens is 2. The number of piperidine rings is 1. The molecule has 0 bridgehead atoms. The molecule has 0 N–H and O–H groups in total. The number of hydrogen-bond acceptors (Lipinski definition) is 4. The van der Waals surface area contributed by atoms with E-state index in [2.05, 4.69) is 20.8 Å². The van der Waals surface area contributed by atoms with Crippen LogP contribution in [0.15, 0.2) is 40.9 Å². The van der Waals surface area contributed by atoms with Crippen LogP contribution in [0.1, 0.15) is 40.0 Å². The summed E-state index contributed by atoms with van der Waals surface area (Å²) in [6.07, 6.45) is 4.33. The van der Waals surface area contributed by atoms with Crippen molar-refractivity contribution in [2.24, 2.45) is 5.92 Å². The lowest BCUT2D eigenvalue weighted by Gasteiger charge is -2.34. The zero-order valence-electron chi connectivity index (χ0n) is 14.9. The number of ether oxygens (including phenoxy) is 1. The molecule has 142 valence electrons. The Morgan fingerprint density at radius 2 is 1.93 bits per heavy atom. The molecule has 0 radical (unpaired) electrons. The molecule has 4 nitrogen and oxygen atoms in total. The molecule has 1 fully saturated rings. The van der Waals surface area contributed by atoms with Gasteiger partial charge in [-0.2, -0.15) is 0 Å². The highest BCUT2D eigenvalue weighted by atomic mass is 79.9. The van der Waals surface area contributed by atoms with E-state index in [9.17, 15) is 14.0 Å². The van der Waals surface area contributed by atoms with Crippen LogP contribution in [0.3, 0.4) is 0 Å². The SMILES string of the molecule is O=Cc1ccc(OCCC2CCN(c3cccc(Br)c3C=O)CC2)cc1F. The lowest BCUT2D eigenvalue weighted by atomic mass is 9.93. The van der Waals surface area contributed by atoms with Crippen molar-refractivity contribution in [1.82, 2.24) is 0 Å². The first-order valence-corrected chi connectivity index (χ1v) is 9.78. The number of hydrogen-bond donors (Lipinski definition) is 0. The molecule has 27 heavy (non-hydrogen) atoms. The number of rotatable bonds is 7. The Bertz CT molecular complexity index is 819. The van der Waals surface area contributed by atoms with E-state index < -0.39 is 5.82 Å². The lowest BCUT2D eigenvalue weighted by molar-refractivity contribution is 0.111. The average molecular weight is 434 g/mol. The molecular formula is C21H21BrFNO3. The smallest absolute Gasteiger partial charge is 0.153 e. The largest absolute Gasteiger partial charge is 0.493 e. The molecule has 0 aromatic heterocycles. The fourth-order valence-electron chi connectivity index (χ4n) is 3.42. The van der Waals surface area contributed by atoms with Gasteiger partial charge in [-0.05, 0) is 65.4 Å². The Morgan fingerprint density at radius 1 is 1.15 bits per heavy atom. The van der Waals surface area contributed by atoms with E-state index in [4.69, 9.17) is 4.74 Å². The van der Waals surface area contributed by atoms with Gasteiger partial charge in [0.05, 0.1) is 17.7 Å². The Morgan fingerprint density at radius 3 is 2.59 bits per heavy atom. The molecule has 1 aliphatic rings. The maximum absolute atomic E-state index is 13.6. The minimum absolute atomic E-state index is 0.0389. The van der Waals surface area contributed by atoms with E-state index in [-0.39, 0.29) is 5.56 Å². The van der Waals surface area contributed by atoms with Crippen LogP contribution in [0.5, 0.6) is 5.75 Å². The van der Waals surface area contributed by atoms with Gasteiger partial charge in [-0.25, -0.2) is 4.39 Å². The third-order valence-electron chi connectivity index (χ3n) is 5.00. The Hall–Kier alpha value is -2.21. The second kappa shape index (κ2) is 9.13. The standard InChI is InChI=1S/C21H21BrFNO3/c22-19-2-1-3-21(18(19)14-26)24-9-6-15(7-10-24)8-11-27-17-5-4-16(13-25)20(23)12-17/h1-5,12-15H,6-11H2. The molecule has 0 saturated carbocycles. The second-order valence-electron chi connectivity index (χ2n) is 6.66. The number of nitrogens with zero attached hydrogens (tertiary/aromatic N) is 1. The van der Waals surface area contributed by atoms with Gasteiger partial charge in [-0.3, -0.25) is 9.59 Å². The Balaban J connectivity index is 1.49. The first-order valence-electron chi connectivity index (χ1n) is 8.98. The Labute approximate surface area is 166 Å². The van der Waals surface area contributed by atoms with Gasteiger partial charge >= 0.3 is 0 Å². The number of carbonyl (C=O) groups is 2. The van der Waals surface area contributed by atoms with Crippen molar-refractivity contribution in [1.29, 1.82) is 0 Å². The molecule has 2 aromatic rings. The summed E-state index contributed by atoms with van der Waals surface area (Å²) in [6, 6.07) is 10.1. The molecular weight excluding hydrogens is 413 g/mol. The minimum atomic E-state index is -0.559. The van der Waals surface area contributed by atoms with E-state index in [1.807, 2.05) is 18.2 Å². The third-order valence-corrected chi connectivity index (χ3v) is 5.69.